The number of carbonyl (C=O) groups is 1. The van der Waals surface area contributed by atoms with Gasteiger partial charge in [0.05, 0.1) is 6.67 Å². The third-order valence-electron chi connectivity index (χ3n) is 4.09. The molecule has 104 valence electrons. The van der Waals surface area contributed by atoms with Gasteiger partial charge in [0, 0.05) is 30.4 Å². The van der Waals surface area contributed by atoms with Crippen LogP contribution in [-0.2, 0) is 11.3 Å². The molecule has 1 atom stereocenters. The number of thiophene rings is 1. The van der Waals surface area contributed by atoms with Gasteiger partial charge in [0.25, 0.3) is 0 Å². The van der Waals surface area contributed by atoms with Crippen LogP contribution in [-0.4, -0.2) is 35.0 Å². The molecule has 19 heavy (non-hydrogen) atoms. The van der Waals surface area contributed by atoms with E-state index in [4.69, 9.17) is 0 Å². The van der Waals surface area contributed by atoms with Gasteiger partial charge in [-0.3, -0.25) is 9.69 Å². The highest BCUT2D eigenvalue weighted by Crippen LogP contribution is 2.30. The lowest BCUT2D eigenvalue weighted by atomic mass is 10.0. The molecule has 0 aromatic carbocycles. The van der Waals surface area contributed by atoms with E-state index in [2.05, 4.69) is 34.2 Å². The molecule has 1 saturated heterocycles. The summed E-state index contributed by atoms with van der Waals surface area (Å²) in [5.41, 5.74) is 0. The van der Waals surface area contributed by atoms with Crippen molar-refractivity contribution in [2.45, 2.75) is 45.2 Å². The molecule has 0 N–H and O–H groups in total. The van der Waals surface area contributed by atoms with Crippen molar-refractivity contribution in [2.75, 3.05) is 13.2 Å². The molecule has 1 unspecified atom stereocenters. The number of carbonyl (C=O) groups excluding carboxylic acids is 1. The summed E-state index contributed by atoms with van der Waals surface area (Å²) in [5, 5.41) is 2.13. The van der Waals surface area contributed by atoms with Gasteiger partial charge in [-0.2, -0.15) is 0 Å². The van der Waals surface area contributed by atoms with Crippen molar-refractivity contribution in [1.82, 2.24) is 9.80 Å². The average molecular weight is 278 g/mol. The van der Waals surface area contributed by atoms with Crippen LogP contribution in [0.3, 0.4) is 0 Å². The van der Waals surface area contributed by atoms with E-state index < -0.39 is 0 Å². The first kappa shape index (κ1) is 13.1. The maximum absolute atomic E-state index is 12.0. The van der Waals surface area contributed by atoms with E-state index in [1.165, 1.54) is 17.7 Å². The third kappa shape index (κ3) is 3.37. The van der Waals surface area contributed by atoms with Gasteiger partial charge in [-0.05, 0) is 36.6 Å². The number of hydrogen-bond acceptors (Lipinski definition) is 3. The van der Waals surface area contributed by atoms with Crippen molar-refractivity contribution in [3.05, 3.63) is 22.4 Å². The number of amides is 1. The molecule has 1 saturated carbocycles. The smallest absolute Gasteiger partial charge is 0.223 e. The van der Waals surface area contributed by atoms with E-state index in [0.29, 0.717) is 17.9 Å². The molecular formula is C15H22N2OS. The number of nitrogens with zero attached hydrogens (tertiary/aromatic N) is 2. The van der Waals surface area contributed by atoms with Gasteiger partial charge in [-0.1, -0.05) is 13.0 Å². The summed E-state index contributed by atoms with van der Waals surface area (Å²) < 4.78 is 0. The van der Waals surface area contributed by atoms with Crippen LogP contribution in [0.2, 0.25) is 0 Å². The second-order valence-electron chi connectivity index (χ2n) is 5.96. The van der Waals surface area contributed by atoms with E-state index in [-0.39, 0.29) is 0 Å². The summed E-state index contributed by atoms with van der Waals surface area (Å²) in [7, 11) is 0. The minimum Gasteiger partial charge on any atom is -0.329 e. The summed E-state index contributed by atoms with van der Waals surface area (Å²) in [5.74, 6) is 0.996. The van der Waals surface area contributed by atoms with Crippen LogP contribution >= 0.6 is 11.3 Å². The van der Waals surface area contributed by atoms with Crippen LogP contribution in [0.4, 0.5) is 0 Å². The van der Waals surface area contributed by atoms with Crippen LogP contribution in [0.25, 0.3) is 0 Å². The molecule has 2 fully saturated rings. The molecule has 1 amide bonds. The normalized spacial score (nSPS) is 24.2. The Morgan fingerprint density at radius 2 is 2.26 bits per heavy atom. The quantitative estimate of drug-likeness (QED) is 0.827. The zero-order valence-electron chi connectivity index (χ0n) is 11.5. The molecule has 2 heterocycles. The minimum atomic E-state index is 0.343. The van der Waals surface area contributed by atoms with Gasteiger partial charge >= 0.3 is 0 Å². The molecule has 1 aromatic heterocycles. The first-order chi connectivity index (χ1) is 9.22. The Balaban J connectivity index is 1.62. The SMILES string of the molecule is CC1CCC(=O)N(CN(Cc2cccs2)C2CC2)C1. The molecule has 3 rings (SSSR count). The van der Waals surface area contributed by atoms with Crippen molar-refractivity contribution in [3.63, 3.8) is 0 Å². The average Bonchev–Trinajstić information content (AvgIpc) is 3.12. The topological polar surface area (TPSA) is 23.6 Å². The zero-order chi connectivity index (χ0) is 13.2. The van der Waals surface area contributed by atoms with E-state index in [1.807, 2.05) is 11.3 Å². The van der Waals surface area contributed by atoms with Gasteiger partial charge in [0.15, 0.2) is 0 Å². The monoisotopic (exact) mass is 278 g/mol. The Kier molecular flexibility index (Phi) is 3.89. The largest absolute Gasteiger partial charge is 0.329 e. The molecule has 1 aliphatic heterocycles. The molecule has 0 spiro atoms. The van der Waals surface area contributed by atoms with Crippen molar-refractivity contribution in [1.29, 1.82) is 0 Å². The summed E-state index contributed by atoms with van der Waals surface area (Å²) in [6.07, 6.45) is 4.38. The number of piperidine rings is 1. The van der Waals surface area contributed by atoms with Crippen molar-refractivity contribution in [2.24, 2.45) is 5.92 Å². The van der Waals surface area contributed by atoms with Gasteiger partial charge < -0.3 is 4.90 Å². The summed E-state index contributed by atoms with van der Waals surface area (Å²) in [4.78, 5) is 18.0. The fraction of sp³-hybridized carbons (Fsp3) is 0.667. The molecule has 1 aliphatic carbocycles. The van der Waals surface area contributed by atoms with Crippen LogP contribution < -0.4 is 0 Å². The van der Waals surface area contributed by atoms with E-state index >= 15 is 0 Å². The van der Waals surface area contributed by atoms with Crippen molar-refractivity contribution < 1.29 is 4.79 Å². The Morgan fingerprint density at radius 1 is 1.42 bits per heavy atom. The summed E-state index contributed by atoms with van der Waals surface area (Å²) in [6.45, 7) is 5.01. The lowest BCUT2D eigenvalue weighted by Gasteiger charge is -2.35. The fourth-order valence-electron chi connectivity index (χ4n) is 2.79. The van der Waals surface area contributed by atoms with Crippen LogP contribution in [0, 0.1) is 5.92 Å². The molecule has 4 heteroatoms. The standard InChI is InChI=1S/C15H22N2OS/c1-12-4-7-15(18)17(9-12)11-16(13-5-6-13)10-14-3-2-8-19-14/h2-3,8,12-13H,4-7,9-11H2,1H3. The van der Waals surface area contributed by atoms with Crippen molar-refractivity contribution >= 4 is 17.2 Å². The second kappa shape index (κ2) is 5.63. The first-order valence-corrected chi connectivity index (χ1v) is 8.14. The second-order valence-corrected chi connectivity index (χ2v) is 6.99. The van der Waals surface area contributed by atoms with Gasteiger partial charge in [-0.25, -0.2) is 0 Å². The number of hydrogen-bond donors (Lipinski definition) is 0. The fourth-order valence-corrected chi connectivity index (χ4v) is 3.52. The zero-order valence-corrected chi connectivity index (χ0v) is 12.4. The van der Waals surface area contributed by atoms with Crippen molar-refractivity contribution in [3.8, 4) is 0 Å². The molecule has 1 aromatic rings. The predicted octanol–water partition coefficient (Wildman–Crippen LogP) is 2.93. The van der Waals surface area contributed by atoms with Crippen LogP contribution in [0.15, 0.2) is 17.5 Å². The van der Waals surface area contributed by atoms with Gasteiger partial charge in [-0.15, -0.1) is 11.3 Å². The molecule has 0 bridgehead atoms. The summed E-state index contributed by atoms with van der Waals surface area (Å²) >= 11 is 1.81. The van der Waals surface area contributed by atoms with Crippen LogP contribution in [0.1, 0.15) is 37.5 Å². The number of likely N-dealkylation sites (tertiary alicyclic amines) is 1. The molecule has 0 radical (unpaired) electrons. The maximum Gasteiger partial charge on any atom is 0.223 e. The molecular weight excluding hydrogens is 256 g/mol. The van der Waals surface area contributed by atoms with E-state index in [9.17, 15) is 4.79 Å². The highest BCUT2D eigenvalue weighted by atomic mass is 32.1. The summed E-state index contributed by atoms with van der Waals surface area (Å²) in [6, 6.07) is 5.01. The van der Waals surface area contributed by atoms with E-state index in [0.717, 1.165) is 32.6 Å². The molecule has 2 aliphatic rings. The molecule has 3 nitrogen and oxygen atoms in total. The first-order valence-electron chi connectivity index (χ1n) is 7.26. The highest BCUT2D eigenvalue weighted by molar-refractivity contribution is 7.09. The van der Waals surface area contributed by atoms with Gasteiger partial charge in [0.1, 0.15) is 0 Å². The highest BCUT2D eigenvalue weighted by Gasteiger charge is 2.32. The Labute approximate surface area is 119 Å². The van der Waals surface area contributed by atoms with Gasteiger partial charge in [0.2, 0.25) is 5.91 Å². The Hall–Kier alpha value is -0.870. The maximum atomic E-state index is 12.0. The predicted molar refractivity (Wildman–Crippen MR) is 77.9 cm³/mol. The lowest BCUT2D eigenvalue weighted by Crippen LogP contribution is -2.46. The Morgan fingerprint density at radius 3 is 2.95 bits per heavy atom. The number of rotatable bonds is 5. The van der Waals surface area contributed by atoms with E-state index in [1.54, 1.807) is 0 Å². The lowest BCUT2D eigenvalue weighted by molar-refractivity contribution is -0.137. The minimum absolute atomic E-state index is 0.343. The third-order valence-corrected chi connectivity index (χ3v) is 4.95. The Bertz CT molecular complexity index is 427. The van der Waals surface area contributed by atoms with Crippen LogP contribution in [0.5, 0.6) is 0 Å².